The van der Waals surface area contributed by atoms with Crippen LogP contribution in [0.25, 0.3) is 0 Å². The van der Waals surface area contributed by atoms with Gasteiger partial charge >= 0.3 is 0 Å². The number of aliphatic hydroxyl groups excluding tert-OH is 1. The van der Waals surface area contributed by atoms with Crippen LogP contribution in [0.4, 0.5) is 11.6 Å². The Morgan fingerprint density at radius 3 is 2.81 bits per heavy atom. The monoisotopic (exact) mass is 603 g/mol. The summed E-state index contributed by atoms with van der Waals surface area (Å²) < 4.78 is 18.1. The lowest BCUT2D eigenvalue weighted by Gasteiger charge is -2.42. The molecule has 3 saturated heterocycles. The van der Waals surface area contributed by atoms with Crippen molar-refractivity contribution in [3.05, 3.63) is 53.7 Å². The lowest BCUT2D eigenvalue weighted by Crippen LogP contribution is -2.45. The molecule has 3 aromatic rings. The minimum Gasteiger partial charge on any atom is -0.486 e. The van der Waals surface area contributed by atoms with E-state index in [1.807, 2.05) is 24.5 Å². The summed E-state index contributed by atoms with van der Waals surface area (Å²) in [5.41, 5.74) is 9.68. The molecule has 4 atom stereocenters. The maximum Gasteiger partial charge on any atom is 0.175 e. The average molecular weight is 604 g/mol. The number of aromatic nitrogens is 4. The number of hydrogen-bond acceptors (Lipinski definition) is 12. The fourth-order valence-corrected chi connectivity index (χ4v) is 8.40. The maximum absolute atomic E-state index is 10.3. The quantitative estimate of drug-likeness (QED) is 0.429. The molecule has 12 heteroatoms. The molecule has 3 fully saturated rings. The maximum atomic E-state index is 10.3. The van der Waals surface area contributed by atoms with Crippen molar-refractivity contribution in [3.63, 3.8) is 0 Å². The van der Waals surface area contributed by atoms with Gasteiger partial charge in [-0.1, -0.05) is 17.8 Å². The molecular weight excluding hydrogens is 566 g/mol. The van der Waals surface area contributed by atoms with Crippen LogP contribution in [0.2, 0.25) is 0 Å². The Morgan fingerprint density at radius 1 is 1.09 bits per heavy atom. The molecular formula is C31H37N7O4S. The third-order valence-electron chi connectivity index (χ3n) is 9.85. The first-order chi connectivity index (χ1) is 21.1. The fourth-order valence-electron chi connectivity index (χ4n) is 7.54. The van der Waals surface area contributed by atoms with E-state index in [0.717, 1.165) is 86.3 Å². The summed E-state index contributed by atoms with van der Waals surface area (Å²) in [5.74, 6) is 2.37. The van der Waals surface area contributed by atoms with Crippen molar-refractivity contribution in [2.24, 2.45) is 11.1 Å². The van der Waals surface area contributed by atoms with Gasteiger partial charge in [0.1, 0.15) is 17.3 Å². The molecule has 7 heterocycles. The van der Waals surface area contributed by atoms with Crippen LogP contribution < -0.4 is 20.3 Å². The molecule has 3 aromatic heterocycles. The number of rotatable bonds is 6. The normalized spacial score (nSPS) is 27.2. The van der Waals surface area contributed by atoms with Gasteiger partial charge in [-0.3, -0.25) is 4.98 Å². The Hall–Kier alpha value is -3.03. The molecule has 8 rings (SSSR count). The number of pyridine rings is 2. The Labute approximate surface area is 255 Å². The van der Waals surface area contributed by atoms with Crippen LogP contribution in [0.5, 0.6) is 5.75 Å². The topological polar surface area (TPSA) is 132 Å². The van der Waals surface area contributed by atoms with Gasteiger partial charge in [0.15, 0.2) is 17.4 Å². The fraction of sp³-hybridized carbons (Fsp3) is 0.548. The molecule has 3 unspecified atom stereocenters. The number of ether oxygens (including phenoxy) is 3. The predicted molar refractivity (Wildman–Crippen MR) is 160 cm³/mol. The molecule has 226 valence electrons. The molecule has 0 amide bonds. The van der Waals surface area contributed by atoms with E-state index < -0.39 is 0 Å². The van der Waals surface area contributed by atoms with E-state index in [0.29, 0.717) is 23.9 Å². The summed E-state index contributed by atoms with van der Waals surface area (Å²) in [6, 6.07) is 6.31. The van der Waals surface area contributed by atoms with Crippen molar-refractivity contribution in [3.8, 4) is 5.75 Å². The Bertz CT molecular complexity index is 1500. The third-order valence-corrected chi connectivity index (χ3v) is 10.8. The van der Waals surface area contributed by atoms with Crippen molar-refractivity contribution in [2.45, 2.75) is 72.9 Å². The smallest absolute Gasteiger partial charge is 0.175 e. The molecule has 0 bridgehead atoms. The van der Waals surface area contributed by atoms with Gasteiger partial charge < -0.3 is 34.9 Å². The summed E-state index contributed by atoms with van der Waals surface area (Å²) in [5, 5.41) is 11.0. The van der Waals surface area contributed by atoms with Gasteiger partial charge in [0.2, 0.25) is 0 Å². The van der Waals surface area contributed by atoms with E-state index in [1.165, 1.54) is 17.3 Å². The number of nitrogens with two attached hydrogens (primary N) is 1. The second kappa shape index (κ2) is 11.2. The lowest BCUT2D eigenvalue weighted by molar-refractivity contribution is -0.00632. The molecule has 1 aliphatic carbocycles. The number of piperidine rings is 1. The van der Waals surface area contributed by atoms with Gasteiger partial charge in [-0.15, -0.1) is 0 Å². The van der Waals surface area contributed by atoms with Crippen LogP contribution in [0.15, 0.2) is 46.7 Å². The SMILES string of the molecule is N[C@@H]1c2cccnc2CC12CCN(c1ncc(Sc3ccnc4c3OCC3CC(OC5CCOC5)CN43)nc1CO)CC2. The molecule has 0 radical (unpaired) electrons. The summed E-state index contributed by atoms with van der Waals surface area (Å²) in [6.45, 7) is 4.31. The van der Waals surface area contributed by atoms with Crippen LogP contribution in [0, 0.1) is 5.41 Å². The highest BCUT2D eigenvalue weighted by Crippen LogP contribution is 2.50. The van der Waals surface area contributed by atoms with Gasteiger partial charge in [-0.05, 0) is 55.2 Å². The molecule has 0 saturated carbocycles. The molecule has 11 nitrogen and oxygen atoms in total. The van der Waals surface area contributed by atoms with Gasteiger partial charge in [-0.25, -0.2) is 15.0 Å². The highest BCUT2D eigenvalue weighted by molar-refractivity contribution is 7.99. The number of nitrogens with zero attached hydrogens (tertiary/aromatic N) is 6. The predicted octanol–water partition coefficient (Wildman–Crippen LogP) is 2.90. The molecule has 1 spiro atoms. The van der Waals surface area contributed by atoms with Crippen molar-refractivity contribution < 1.29 is 19.3 Å². The summed E-state index contributed by atoms with van der Waals surface area (Å²) in [4.78, 5) is 24.4. The van der Waals surface area contributed by atoms with E-state index >= 15 is 0 Å². The first-order valence-corrected chi connectivity index (χ1v) is 16.1. The summed E-state index contributed by atoms with van der Waals surface area (Å²) in [6.07, 6.45) is 10.5. The van der Waals surface area contributed by atoms with Crippen molar-refractivity contribution in [1.82, 2.24) is 19.9 Å². The van der Waals surface area contributed by atoms with E-state index in [4.69, 9.17) is 34.9 Å². The standard InChI is InChI=1S/C31H37N7O4S/c32-28-22-2-1-7-33-23(22)13-31(28)5-9-37(10-6-31)29-24(16-39)36-26(14-35-29)43-25-3-8-34-30-27(25)41-17-19-12-21(15-38(19)30)42-20-4-11-40-18-20/h1-3,7-8,14,19-21,28,39H,4-6,9-13,15-18,32H2/t19?,20?,21?,28-/m1/s1. The number of aliphatic hydroxyl groups is 1. The largest absolute Gasteiger partial charge is 0.486 e. The summed E-state index contributed by atoms with van der Waals surface area (Å²) in [7, 11) is 0. The van der Waals surface area contributed by atoms with E-state index in [9.17, 15) is 5.11 Å². The average Bonchev–Trinajstić information content (AvgIpc) is 3.77. The second-order valence-corrected chi connectivity index (χ2v) is 13.4. The van der Waals surface area contributed by atoms with E-state index in [1.54, 1.807) is 6.20 Å². The Kier molecular flexibility index (Phi) is 7.14. The number of hydrogen-bond donors (Lipinski definition) is 2. The second-order valence-electron chi connectivity index (χ2n) is 12.3. The highest BCUT2D eigenvalue weighted by atomic mass is 32.2. The van der Waals surface area contributed by atoms with Crippen molar-refractivity contribution in [1.29, 1.82) is 0 Å². The third kappa shape index (κ3) is 4.93. The van der Waals surface area contributed by atoms with Gasteiger partial charge in [0.05, 0.1) is 42.6 Å². The van der Waals surface area contributed by atoms with Crippen LogP contribution in [0.3, 0.4) is 0 Å². The lowest BCUT2D eigenvalue weighted by atomic mass is 9.73. The zero-order valence-corrected chi connectivity index (χ0v) is 24.9. The highest BCUT2D eigenvalue weighted by Gasteiger charge is 2.47. The van der Waals surface area contributed by atoms with E-state index in [2.05, 4.69) is 20.9 Å². The van der Waals surface area contributed by atoms with Crippen molar-refractivity contribution in [2.75, 3.05) is 49.3 Å². The Balaban J connectivity index is 0.960. The zero-order chi connectivity index (χ0) is 29.0. The first kappa shape index (κ1) is 27.5. The number of fused-ring (bicyclic) bond motifs is 4. The molecule has 3 N–H and O–H groups in total. The van der Waals surface area contributed by atoms with Crippen molar-refractivity contribution >= 4 is 23.4 Å². The van der Waals surface area contributed by atoms with Gasteiger partial charge in [0.25, 0.3) is 0 Å². The van der Waals surface area contributed by atoms with Gasteiger partial charge in [-0.2, -0.15) is 0 Å². The van der Waals surface area contributed by atoms with Crippen LogP contribution in [-0.2, 0) is 22.5 Å². The molecule has 4 aliphatic heterocycles. The van der Waals surface area contributed by atoms with Crippen LogP contribution >= 0.6 is 11.8 Å². The molecule has 5 aliphatic rings. The minimum atomic E-state index is -0.179. The molecule has 43 heavy (non-hydrogen) atoms. The van der Waals surface area contributed by atoms with Crippen LogP contribution in [0.1, 0.15) is 48.7 Å². The Morgan fingerprint density at radius 2 is 2.00 bits per heavy atom. The molecule has 0 aromatic carbocycles. The van der Waals surface area contributed by atoms with Gasteiger partial charge in [0, 0.05) is 50.4 Å². The van der Waals surface area contributed by atoms with E-state index in [-0.39, 0.29) is 36.3 Å². The first-order valence-electron chi connectivity index (χ1n) is 15.3. The number of anilines is 2. The van der Waals surface area contributed by atoms with Crippen LogP contribution in [-0.4, -0.2) is 82.7 Å². The minimum absolute atomic E-state index is 0.00480. The zero-order valence-electron chi connectivity index (χ0n) is 24.1. The summed E-state index contributed by atoms with van der Waals surface area (Å²) >= 11 is 1.49.